The fourth-order valence-electron chi connectivity index (χ4n) is 2.65. The molecular weight excluding hydrogens is 364 g/mol. The summed E-state index contributed by atoms with van der Waals surface area (Å²) in [5, 5.41) is -0.472. The van der Waals surface area contributed by atoms with E-state index in [9.17, 15) is 14.4 Å². The van der Waals surface area contributed by atoms with Crippen molar-refractivity contribution in [3.8, 4) is 5.69 Å². The Morgan fingerprint density at radius 2 is 1.89 bits per heavy atom. The minimum atomic E-state index is -0.600. The van der Waals surface area contributed by atoms with Crippen molar-refractivity contribution in [3.05, 3.63) is 58.8 Å². The van der Waals surface area contributed by atoms with Gasteiger partial charge in [-0.3, -0.25) is 19.3 Å². The number of aryl methyl sites for hydroxylation is 1. The number of aromatic nitrogens is 1. The Morgan fingerprint density at radius 3 is 2.56 bits per heavy atom. The molecule has 140 valence electrons. The molecule has 0 radical (unpaired) electrons. The summed E-state index contributed by atoms with van der Waals surface area (Å²) < 4.78 is 6.95. The van der Waals surface area contributed by atoms with Gasteiger partial charge in [0, 0.05) is 17.6 Å². The number of esters is 1. The van der Waals surface area contributed by atoms with Crippen molar-refractivity contribution in [3.63, 3.8) is 0 Å². The monoisotopic (exact) mass is 384 g/mol. The summed E-state index contributed by atoms with van der Waals surface area (Å²) in [6.07, 6.45) is 3.25. The number of thioether (sulfide) groups is 1. The van der Waals surface area contributed by atoms with E-state index in [0.29, 0.717) is 0 Å². The van der Waals surface area contributed by atoms with E-state index in [1.807, 2.05) is 54.1 Å². The summed E-state index contributed by atoms with van der Waals surface area (Å²) >= 11 is 0.825. The molecule has 0 spiro atoms. The molecule has 2 aromatic rings. The minimum absolute atomic E-state index is 0.282. The number of hydrogen-bond donors (Lipinski definition) is 0. The van der Waals surface area contributed by atoms with Crippen molar-refractivity contribution < 1.29 is 19.1 Å². The molecule has 0 unspecified atom stereocenters. The molecule has 1 aliphatic heterocycles. The number of imide groups is 1. The molecule has 3 rings (SSSR count). The maximum absolute atomic E-state index is 12.6. The topological polar surface area (TPSA) is 68.6 Å². The van der Waals surface area contributed by atoms with E-state index in [1.54, 1.807) is 19.9 Å². The lowest BCUT2D eigenvalue weighted by Gasteiger charge is -2.13. The molecule has 1 saturated heterocycles. The Kier molecular flexibility index (Phi) is 5.51. The Morgan fingerprint density at radius 1 is 1.19 bits per heavy atom. The molecule has 0 aliphatic carbocycles. The predicted octanol–water partition coefficient (Wildman–Crippen LogP) is 3.77. The van der Waals surface area contributed by atoms with Gasteiger partial charge in [0.05, 0.1) is 11.0 Å². The molecule has 1 aliphatic rings. The van der Waals surface area contributed by atoms with E-state index < -0.39 is 17.1 Å². The van der Waals surface area contributed by atoms with Crippen molar-refractivity contribution in [1.29, 1.82) is 0 Å². The molecule has 0 N–H and O–H groups in total. The number of carbonyl (C=O) groups is 3. The predicted molar refractivity (Wildman–Crippen MR) is 104 cm³/mol. The number of carbonyl (C=O) groups excluding carboxylic acids is 3. The molecule has 1 aromatic heterocycles. The summed E-state index contributed by atoms with van der Waals surface area (Å²) in [6.45, 7) is 5.06. The SMILES string of the molecule is Cc1ccc(-n2cccc2/C=C2\SC(=O)N(CC(=O)OC(C)C)C2=O)cc1. The highest BCUT2D eigenvalue weighted by Crippen LogP contribution is 2.32. The van der Waals surface area contributed by atoms with E-state index in [4.69, 9.17) is 4.74 Å². The highest BCUT2D eigenvalue weighted by Gasteiger charge is 2.37. The van der Waals surface area contributed by atoms with Crippen LogP contribution in [-0.4, -0.2) is 39.2 Å². The van der Waals surface area contributed by atoms with Crippen LogP contribution in [-0.2, 0) is 14.3 Å². The summed E-state index contributed by atoms with van der Waals surface area (Å²) in [4.78, 5) is 37.7. The van der Waals surface area contributed by atoms with Crippen LogP contribution in [0.4, 0.5) is 4.79 Å². The quantitative estimate of drug-likeness (QED) is 0.580. The second-order valence-corrected chi connectivity index (χ2v) is 7.44. The number of nitrogens with zero attached hydrogens (tertiary/aromatic N) is 2. The first-order valence-corrected chi connectivity index (χ1v) is 9.36. The van der Waals surface area contributed by atoms with Gasteiger partial charge in [-0.05, 0) is 62.9 Å². The molecule has 6 nitrogen and oxygen atoms in total. The lowest BCUT2D eigenvalue weighted by Crippen LogP contribution is -2.35. The van der Waals surface area contributed by atoms with E-state index in [0.717, 1.165) is 33.6 Å². The van der Waals surface area contributed by atoms with Crippen LogP contribution in [0.1, 0.15) is 25.1 Å². The third-order valence-corrected chi connectivity index (χ3v) is 4.81. The van der Waals surface area contributed by atoms with E-state index in [2.05, 4.69) is 0 Å². The minimum Gasteiger partial charge on any atom is -0.462 e. The summed E-state index contributed by atoms with van der Waals surface area (Å²) in [5.74, 6) is -1.08. The number of amides is 2. The molecule has 27 heavy (non-hydrogen) atoms. The zero-order valence-electron chi connectivity index (χ0n) is 15.3. The summed E-state index contributed by atoms with van der Waals surface area (Å²) in [7, 11) is 0. The summed E-state index contributed by atoms with van der Waals surface area (Å²) in [5.41, 5.74) is 2.88. The first-order valence-electron chi connectivity index (χ1n) is 8.54. The average molecular weight is 384 g/mol. The fraction of sp³-hybridized carbons (Fsp3) is 0.250. The smallest absolute Gasteiger partial charge is 0.326 e. The zero-order chi connectivity index (χ0) is 19.6. The van der Waals surface area contributed by atoms with Crippen molar-refractivity contribution in [2.45, 2.75) is 26.9 Å². The number of hydrogen-bond acceptors (Lipinski definition) is 5. The fourth-order valence-corrected chi connectivity index (χ4v) is 3.48. The third-order valence-electron chi connectivity index (χ3n) is 3.90. The Bertz CT molecular complexity index is 912. The first kappa shape index (κ1) is 19.0. The van der Waals surface area contributed by atoms with Crippen LogP contribution in [0.3, 0.4) is 0 Å². The van der Waals surface area contributed by atoms with Gasteiger partial charge in [0.2, 0.25) is 0 Å². The number of benzene rings is 1. The lowest BCUT2D eigenvalue weighted by molar-refractivity contribution is -0.149. The highest BCUT2D eigenvalue weighted by atomic mass is 32.2. The first-order chi connectivity index (χ1) is 12.8. The second-order valence-electron chi connectivity index (χ2n) is 6.45. The number of ether oxygens (including phenoxy) is 1. The van der Waals surface area contributed by atoms with Gasteiger partial charge in [-0.1, -0.05) is 17.7 Å². The van der Waals surface area contributed by atoms with Crippen LogP contribution in [0.25, 0.3) is 11.8 Å². The Balaban J connectivity index is 1.82. The maximum atomic E-state index is 12.6. The third kappa shape index (κ3) is 4.31. The van der Waals surface area contributed by atoms with Gasteiger partial charge in [0.15, 0.2) is 0 Å². The normalized spacial score (nSPS) is 15.9. The van der Waals surface area contributed by atoms with Crippen LogP contribution in [0.2, 0.25) is 0 Å². The zero-order valence-corrected chi connectivity index (χ0v) is 16.2. The van der Waals surface area contributed by atoms with Crippen molar-refractivity contribution in [2.75, 3.05) is 6.54 Å². The standard InChI is InChI=1S/C20H20N2O4S/c1-13(2)26-18(23)12-22-19(24)17(27-20(22)25)11-16-5-4-10-21(16)15-8-6-14(3)7-9-15/h4-11,13H,12H2,1-3H3/b17-11-. The largest absolute Gasteiger partial charge is 0.462 e. The molecule has 2 amide bonds. The van der Waals surface area contributed by atoms with E-state index in [1.165, 1.54) is 0 Å². The molecule has 7 heteroatoms. The molecule has 0 atom stereocenters. The molecule has 0 bridgehead atoms. The van der Waals surface area contributed by atoms with Crippen molar-refractivity contribution >= 4 is 35.0 Å². The summed E-state index contributed by atoms with van der Waals surface area (Å²) in [6, 6.07) is 11.7. The average Bonchev–Trinajstić information content (AvgIpc) is 3.15. The van der Waals surface area contributed by atoms with Gasteiger partial charge >= 0.3 is 5.97 Å². The van der Waals surface area contributed by atoms with Crippen LogP contribution in [0.5, 0.6) is 0 Å². The van der Waals surface area contributed by atoms with E-state index in [-0.39, 0.29) is 17.6 Å². The van der Waals surface area contributed by atoms with Gasteiger partial charge < -0.3 is 9.30 Å². The van der Waals surface area contributed by atoms with Gasteiger partial charge in [-0.25, -0.2) is 0 Å². The second kappa shape index (κ2) is 7.84. The molecule has 1 aromatic carbocycles. The van der Waals surface area contributed by atoms with Crippen molar-refractivity contribution in [2.24, 2.45) is 0 Å². The Labute approximate surface area is 161 Å². The Hall–Kier alpha value is -2.80. The highest BCUT2D eigenvalue weighted by molar-refractivity contribution is 8.18. The van der Waals surface area contributed by atoms with Crippen LogP contribution >= 0.6 is 11.8 Å². The van der Waals surface area contributed by atoms with Crippen LogP contribution < -0.4 is 0 Å². The van der Waals surface area contributed by atoms with Crippen LogP contribution in [0.15, 0.2) is 47.5 Å². The van der Waals surface area contributed by atoms with Gasteiger partial charge in [0.1, 0.15) is 6.54 Å². The lowest BCUT2D eigenvalue weighted by atomic mass is 10.2. The van der Waals surface area contributed by atoms with Crippen LogP contribution in [0, 0.1) is 6.92 Å². The molecule has 1 fully saturated rings. The number of rotatable bonds is 5. The molecular formula is C20H20N2O4S. The van der Waals surface area contributed by atoms with Crippen molar-refractivity contribution in [1.82, 2.24) is 9.47 Å². The molecule has 2 heterocycles. The van der Waals surface area contributed by atoms with E-state index >= 15 is 0 Å². The molecule has 0 saturated carbocycles. The van der Waals surface area contributed by atoms with Gasteiger partial charge in [0.25, 0.3) is 11.1 Å². The van der Waals surface area contributed by atoms with Gasteiger partial charge in [-0.15, -0.1) is 0 Å². The van der Waals surface area contributed by atoms with Gasteiger partial charge in [-0.2, -0.15) is 0 Å². The maximum Gasteiger partial charge on any atom is 0.326 e.